The average Bonchev–Trinajstić information content (AvgIpc) is 1.61. The topological polar surface area (TPSA) is 63.3 Å². The fraction of sp³-hybridized carbons (Fsp3) is 0.800. The van der Waals surface area contributed by atoms with Crippen LogP contribution in [0.4, 0.5) is 0 Å². The van der Waals surface area contributed by atoms with Gasteiger partial charge in [0, 0.05) is 6.04 Å². The lowest BCUT2D eigenvalue weighted by atomic mass is 9.80. The third-order valence-corrected chi connectivity index (χ3v) is 1.65. The summed E-state index contributed by atoms with van der Waals surface area (Å²) < 4.78 is 0. The number of hydrogen-bond acceptors (Lipinski definition) is 2. The van der Waals surface area contributed by atoms with Crippen molar-refractivity contribution in [3.63, 3.8) is 0 Å². The summed E-state index contributed by atoms with van der Waals surface area (Å²) in [5.74, 6) is -1.00. The van der Waals surface area contributed by atoms with E-state index in [0.717, 1.165) is 12.8 Å². The van der Waals surface area contributed by atoms with Crippen LogP contribution in [0.2, 0.25) is 0 Å². The van der Waals surface area contributed by atoms with Gasteiger partial charge < -0.3 is 10.8 Å². The molecular weight excluding hydrogens is 142 g/mol. The molecule has 9 heavy (non-hydrogen) atoms. The molecule has 1 aliphatic carbocycles. The number of nitrogens with two attached hydrogens (primary N) is 1. The molecule has 0 saturated heterocycles. The van der Waals surface area contributed by atoms with E-state index in [1.165, 1.54) is 0 Å². The molecule has 3 N–H and O–H groups in total. The molecule has 0 aromatic heterocycles. The molecule has 0 radical (unpaired) electrons. The van der Waals surface area contributed by atoms with Crippen LogP contribution in [0.15, 0.2) is 0 Å². The van der Waals surface area contributed by atoms with Crippen molar-refractivity contribution in [3.8, 4) is 0 Å². The number of carboxylic acids is 1. The molecule has 0 bridgehead atoms. The van der Waals surface area contributed by atoms with Crippen molar-refractivity contribution in [2.75, 3.05) is 0 Å². The van der Waals surface area contributed by atoms with Gasteiger partial charge in [-0.2, -0.15) is 0 Å². The van der Waals surface area contributed by atoms with Crippen molar-refractivity contribution in [2.45, 2.75) is 18.9 Å². The molecule has 3 nitrogen and oxygen atoms in total. The summed E-state index contributed by atoms with van der Waals surface area (Å²) in [6.45, 7) is 0. The minimum atomic E-state index is -0.747. The molecule has 1 saturated carbocycles. The van der Waals surface area contributed by atoms with Gasteiger partial charge in [-0.05, 0) is 12.8 Å². The Kier molecular flexibility index (Phi) is 2.94. The van der Waals surface area contributed by atoms with E-state index in [1.807, 2.05) is 0 Å². The maximum atomic E-state index is 10.1. The Bertz CT molecular complexity index is 118. The highest BCUT2D eigenvalue weighted by atomic mass is 35.5. The van der Waals surface area contributed by atoms with Gasteiger partial charge in [0.05, 0.1) is 5.92 Å². The number of carbonyl (C=O) groups is 1. The van der Waals surface area contributed by atoms with E-state index in [2.05, 4.69) is 0 Å². The summed E-state index contributed by atoms with van der Waals surface area (Å²) in [4.78, 5) is 10.1. The standard InChI is InChI=1S/C5H9NO2.ClH/c6-4-2-1-3(4)5(7)8;/h3-4H,1-2,6H2,(H,7,8);1H/t3-,4+;/m0./s1. The van der Waals surface area contributed by atoms with Gasteiger partial charge in [-0.1, -0.05) is 0 Å². The molecule has 4 heteroatoms. The van der Waals surface area contributed by atoms with Gasteiger partial charge >= 0.3 is 5.97 Å². The zero-order valence-electron chi connectivity index (χ0n) is 4.91. The highest BCUT2D eigenvalue weighted by Gasteiger charge is 2.33. The van der Waals surface area contributed by atoms with Crippen molar-refractivity contribution in [1.82, 2.24) is 0 Å². The first-order valence-corrected chi connectivity index (χ1v) is 2.70. The first-order valence-electron chi connectivity index (χ1n) is 2.70. The molecule has 54 valence electrons. The first kappa shape index (κ1) is 8.72. The van der Waals surface area contributed by atoms with Gasteiger partial charge in [-0.25, -0.2) is 0 Å². The normalized spacial score (nSPS) is 32.1. The smallest absolute Gasteiger partial charge is 0.308 e. The van der Waals surface area contributed by atoms with Gasteiger partial charge in [-0.15, -0.1) is 12.4 Å². The fourth-order valence-electron chi connectivity index (χ4n) is 0.832. The number of aliphatic carboxylic acids is 1. The summed E-state index contributed by atoms with van der Waals surface area (Å²) in [6, 6.07) is -0.0764. The van der Waals surface area contributed by atoms with Crippen LogP contribution in [0.5, 0.6) is 0 Å². The minimum absolute atomic E-state index is 0. The van der Waals surface area contributed by atoms with E-state index in [0.29, 0.717) is 0 Å². The quantitative estimate of drug-likeness (QED) is 0.564. The highest BCUT2D eigenvalue weighted by Crippen LogP contribution is 2.24. The second-order valence-electron chi connectivity index (χ2n) is 2.19. The second-order valence-corrected chi connectivity index (χ2v) is 2.19. The molecule has 0 aromatic rings. The van der Waals surface area contributed by atoms with Crippen LogP contribution >= 0.6 is 12.4 Å². The molecule has 0 amide bonds. The van der Waals surface area contributed by atoms with E-state index >= 15 is 0 Å². The number of hydrogen-bond donors (Lipinski definition) is 2. The molecule has 2 atom stereocenters. The zero-order chi connectivity index (χ0) is 6.15. The molecule has 0 heterocycles. The lowest BCUT2D eigenvalue weighted by Gasteiger charge is -2.29. The summed E-state index contributed by atoms with van der Waals surface area (Å²) in [5.41, 5.74) is 5.34. The molecule has 1 fully saturated rings. The number of rotatable bonds is 1. The van der Waals surface area contributed by atoms with Crippen LogP contribution in [0, 0.1) is 5.92 Å². The van der Waals surface area contributed by atoms with Gasteiger partial charge in [0.1, 0.15) is 0 Å². The Morgan fingerprint density at radius 1 is 1.56 bits per heavy atom. The van der Waals surface area contributed by atoms with Gasteiger partial charge in [0.2, 0.25) is 0 Å². The first-order chi connectivity index (χ1) is 3.72. The second kappa shape index (κ2) is 3.03. The molecule has 1 aliphatic rings. The zero-order valence-corrected chi connectivity index (χ0v) is 5.73. The number of carboxylic acid groups (broad SMARTS) is 1. The molecule has 0 spiro atoms. The van der Waals surface area contributed by atoms with Crippen molar-refractivity contribution >= 4 is 18.4 Å². The van der Waals surface area contributed by atoms with Crippen LogP contribution in [-0.2, 0) is 4.79 Å². The Balaban J connectivity index is 0.000000640. The van der Waals surface area contributed by atoms with Gasteiger partial charge in [0.15, 0.2) is 0 Å². The van der Waals surface area contributed by atoms with Crippen molar-refractivity contribution in [2.24, 2.45) is 11.7 Å². The van der Waals surface area contributed by atoms with Gasteiger partial charge in [-0.3, -0.25) is 4.79 Å². The molecule has 0 aromatic carbocycles. The largest absolute Gasteiger partial charge is 0.481 e. The van der Waals surface area contributed by atoms with Crippen LogP contribution in [0.1, 0.15) is 12.8 Å². The van der Waals surface area contributed by atoms with E-state index in [-0.39, 0.29) is 24.4 Å². The predicted octanol–water partition coefficient (Wildman–Crippen LogP) is 0.230. The molecule has 1 rings (SSSR count). The molecule has 0 unspecified atom stereocenters. The Morgan fingerprint density at radius 2 is 2.11 bits per heavy atom. The Hall–Kier alpha value is -0.280. The van der Waals surface area contributed by atoms with E-state index in [9.17, 15) is 4.79 Å². The minimum Gasteiger partial charge on any atom is -0.481 e. The third kappa shape index (κ3) is 1.56. The van der Waals surface area contributed by atoms with Crippen LogP contribution in [-0.4, -0.2) is 17.1 Å². The van der Waals surface area contributed by atoms with E-state index in [4.69, 9.17) is 10.8 Å². The maximum Gasteiger partial charge on any atom is 0.308 e. The molecular formula is C5H10ClNO2. The Morgan fingerprint density at radius 3 is 2.11 bits per heavy atom. The molecule has 0 aliphatic heterocycles. The highest BCUT2D eigenvalue weighted by molar-refractivity contribution is 5.85. The Labute approximate surface area is 59.6 Å². The third-order valence-electron chi connectivity index (χ3n) is 1.65. The van der Waals surface area contributed by atoms with Crippen LogP contribution < -0.4 is 5.73 Å². The monoisotopic (exact) mass is 151 g/mol. The van der Waals surface area contributed by atoms with E-state index < -0.39 is 5.97 Å². The van der Waals surface area contributed by atoms with Crippen molar-refractivity contribution in [1.29, 1.82) is 0 Å². The summed E-state index contributed by atoms with van der Waals surface area (Å²) in [5, 5.41) is 8.32. The summed E-state index contributed by atoms with van der Waals surface area (Å²) >= 11 is 0. The summed E-state index contributed by atoms with van der Waals surface area (Å²) in [7, 11) is 0. The fourth-order valence-corrected chi connectivity index (χ4v) is 0.832. The van der Waals surface area contributed by atoms with E-state index in [1.54, 1.807) is 0 Å². The average molecular weight is 152 g/mol. The summed E-state index contributed by atoms with van der Waals surface area (Å²) in [6.07, 6.45) is 1.63. The van der Waals surface area contributed by atoms with Crippen LogP contribution in [0.3, 0.4) is 0 Å². The van der Waals surface area contributed by atoms with Gasteiger partial charge in [0.25, 0.3) is 0 Å². The maximum absolute atomic E-state index is 10.1. The lowest BCUT2D eigenvalue weighted by molar-refractivity contribution is -0.145. The lowest BCUT2D eigenvalue weighted by Crippen LogP contribution is -2.43. The van der Waals surface area contributed by atoms with Crippen molar-refractivity contribution in [3.05, 3.63) is 0 Å². The number of halogens is 1. The van der Waals surface area contributed by atoms with Crippen LogP contribution in [0.25, 0.3) is 0 Å². The van der Waals surface area contributed by atoms with Crippen molar-refractivity contribution < 1.29 is 9.90 Å². The SMILES string of the molecule is Cl.N[C@@H]1CC[C@@H]1C(=O)O. The predicted molar refractivity (Wildman–Crippen MR) is 35.6 cm³/mol.